The van der Waals surface area contributed by atoms with Gasteiger partial charge in [-0.25, -0.2) is 4.57 Å². The largest absolute Gasteiger partial charge is 0.544 e. The van der Waals surface area contributed by atoms with Gasteiger partial charge in [-0.2, -0.15) is 0 Å². The second-order valence-corrected chi connectivity index (χ2v) is 17.8. The third kappa shape index (κ3) is 8.40. The molecule has 0 unspecified atom stereocenters. The standard InChI is InChI=1S/C49H62NO3P/c1-4-6-8-10-12-14-16-18-29-41-35-38-26-20-23-31-43(38)48-46(41)47-42(30-19-17-15-13-11-9-7-5-2)36-39-27-21-24-32-44(39)49(47)53-54(51,52-48)50-37(3)34-40-28-22-25-33-45(40)50/h20-28,31-33,35-37H,4-19,29-30,34H2,1-3H3/t37-/m0/s1. The van der Waals surface area contributed by atoms with Gasteiger partial charge in [0.2, 0.25) is 0 Å². The van der Waals surface area contributed by atoms with Crippen molar-refractivity contribution in [3.63, 3.8) is 0 Å². The second kappa shape index (κ2) is 18.3. The molecule has 0 saturated heterocycles. The lowest BCUT2D eigenvalue weighted by molar-refractivity contribution is 0.385. The maximum absolute atomic E-state index is 16.0. The van der Waals surface area contributed by atoms with Gasteiger partial charge >= 0.3 is 7.75 Å². The fraction of sp³-hybridized carbons (Fsp3) is 0.469. The molecule has 0 amide bonds. The van der Waals surface area contributed by atoms with Gasteiger partial charge in [-0.05, 0) is 72.6 Å². The number of anilines is 1. The van der Waals surface area contributed by atoms with E-state index in [0.717, 1.165) is 70.5 Å². The van der Waals surface area contributed by atoms with E-state index in [-0.39, 0.29) is 6.04 Å². The monoisotopic (exact) mass is 743 g/mol. The van der Waals surface area contributed by atoms with Gasteiger partial charge in [0.1, 0.15) is 11.5 Å². The molecule has 0 fully saturated rings. The molecule has 0 bridgehead atoms. The molecule has 1 atom stereocenters. The summed E-state index contributed by atoms with van der Waals surface area (Å²) < 4.78 is 32.2. The molecule has 5 aromatic rings. The number of fused-ring (bicyclic) bond motifs is 8. The van der Waals surface area contributed by atoms with E-state index >= 15 is 4.57 Å². The average molecular weight is 744 g/mol. The molecule has 54 heavy (non-hydrogen) atoms. The molecular weight excluding hydrogens is 682 g/mol. The van der Waals surface area contributed by atoms with Crippen molar-refractivity contribution in [2.24, 2.45) is 0 Å². The van der Waals surface area contributed by atoms with E-state index in [1.54, 1.807) is 0 Å². The molecule has 0 aromatic heterocycles. The molecule has 0 saturated carbocycles. The van der Waals surface area contributed by atoms with E-state index < -0.39 is 7.75 Å². The zero-order valence-corrected chi connectivity index (χ0v) is 34.1. The summed E-state index contributed by atoms with van der Waals surface area (Å²) in [6.07, 6.45) is 23.1. The minimum atomic E-state index is -3.97. The lowest BCUT2D eigenvalue weighted by atomic mass is 9.85. The highest BCUT2D eigenvalue weighted by atomic mass is 31.2. The topological polar surface area (TPSA) is 38.8 Å². The van der Waals surface area contributed by atoms with Crippen molar-refractivity contribution in [1.82, 2.24) is 0 Å². The molecule has 0 N–H and O–H groups in total. The number of aryl methyl sites for hydroxylation is 2. The number of para-hydroxylation sites is 1. The van der Waals surface area contributed by atoms with Crippen LogP contribution in [0.5, 0.6) is 11.5 Å². The van der Waals surface area contributed by atoms with Crippen LogP contribution in [-0.2, 0) is 23.8 Å². The van der Waals surface area contributed by atoms with E-state index in [2.05, 4.69) is 99.6 Å². The van der Waals surface area contributed by atoms with Crippen LogP contribution in [0, 0.1) is 0 Å². The third-order valence-corrected chi connectivity index (χ3v) is 13.8. The number of nitrogens with zero attached hydrogens (tertiary/aromatic N) is 1. The summed E-state index contributed by atoms with van der Waals surface area (Å²) in [6, 6.07) is 30.1. The van der Waals surface area contributed by atoms with Gasteiger partial charge in [-0.15, -0.1) is 0 Å². The molecule has 0 aliphatic carbocycles. The lowest BCUT2D eigenvalue weighted by Gasteiger charge is -2.31. The summed E-state index contributed by atoms with van der Waals surface area (Å²) in [6.45, 7) is 6.71. The highest BCUT2D eigenvalue weighted by molar-refractivity contribution is 7.56. The van der Waals surface area contributed by atoms with Crippen LogP contribution in [0.25, 0.3) is 32.7 Å². The third-order valence-electron chi connectivity index (χ3n) is 11.9. The Bertz CT molecular complexity index is 1950. The number of rotatable bonds is 19. The highest BCUT2D eigenvalue weighted by Crippen LogP contribution is 2.65. The summed E-state index contributed by atoms with van der Waals surface area (Å²) in [7, 11) is -3.97. The smallest absolute Gasteiger partial charge is 0.399 e. The van der Waals surface area contributed by atoms with E-state index in [1.165, 1.54) is 107 Å². The SMILES string of the molecule is CCCCCCCCCCc1cc2ccccc2c2c1-c1c(CCCCCCCCCC)cc3ccccc3c1OP(=O)(N1c3ccccc3C[C@@H]1C)O2. The van der Waals surface area contributed by atoms with Crippen molar-refractivity contribution >= 4 is 35.0 Å². The first-order valence-electron chi connectivity index (χ1n) is 21.5. The highest BCUT2D eigenvalue weighted by Gasteiger charge is 2.48. The summed E-state index contributed by atoms with van der Waals surface area (Å²) >= 11 is 0. The summed E-state index contributed by atoms with van der Waals surface area (Å²) in [5, 5.41) is 4.24. The Morgan fingerprint density at radius 3 is 1.50 bits per heavy atom. The minimum Gasteiger partial charge on any atom is -0.399 e. The summed E-state index contributed by atoms with van der Waals surface area (Å²) in [4.78, 5) is 0. The number of hydrogen-bond donors (Lipinski definition) is 0. The van der Waals surface area contributed by atoms with Crippen LogP contribution in [-0.4, -0.2) is 6.04 Å². The Morgan fingerprint density at radius 2 is 1.00 bits per heavy atom. The molecule has 2 heterocycles. The van der Waals surface area contributed by atoms with Crippen LogP contribution in [0.15, 0.2) is 84.9 Å². The Balaban J connectivity index is 1.34. The van der Waals surface area contributed by atoms with Crippen LogP contribution in [0.1, 0.15) is 140 Å². The van der Waals surface area contributed by atoms with Gasteiger partial charge in [0, 0.05) is 27.9 Å². The molecule has 0 radical (unpaired) electrons. The quantitative estimate of drug-likeness (QED) is 0.0624. The van der Waals surface area contributed by atoms with Crippen LogP contribution in [0.2, 0.25) is 0 Å². The van der Waals surface area contributed by atoms with Gasteiger partial charge < -0.3 is 9.05 Å². The Labute approximate surface area is 325 Å². The Hall–Kier alpha value is -3.75. The molecule has 2 aliphatic rings. The predicted octanol–water partition coefficient (Wildman–Crippen LogP) is 15.4. The molecule has 5 heteroatoms. The van der Waals surface area contributed by atoms with Crippen molar-refractivity contribution in [3.05, 3.63) is 102 Å². The first-order valence-corrected chi connectivity index (χ1v) is 23.0. The van der Waals surface area contributed by atoms with Crippen molar-refractivity contribution in [2.75, 3.05) is 4.67 Å². The molecule has 4 nitrogen and oxygen atoms in total. The number of hydrogen-bond acceptors (Lipinski definition) is 3. The molecule has 286 valence electrons. The van der Waals surface area contributed by atoms with E-state index in [1.807, 2.05) is 10.7 Å². The molecule has 5 aromatic carbocycles. The van der Waals surface area contributed by atoms with Crippen molar-refractivity contribution in [3.8, 4) is 22.6 Å². The molecule has 7 rings (SSSR count). The van der Waals surface area contributed by atoms with E-state index in [4.69, 9.17) is 9.05 Å². The fourth-order valence-electron chi connectivity index (χ4n) is 9.03. The minimum absolute atomic E-state index is 0.0446. The fourth-order valence-corrected chi connectivity index (χ4v) is 11.1. The second-order valence-electron chi connectivity index (χ2n) is 16.0. The maximum Gasteiger partial charge on any atom is 0.544 e. The van der Waals surface area contributed by atoms with E-state index in [0.29, 0.717) is 11.5 Å². The van der Waals surface area contributed by atoms with Crippen LogP contribution >= 0.6 is 7.75 Å². The molecule has 0 spiro atoms. The van der Waals surface area contributed by atoms with Gasteiger partial charge in [-0.1, -0.05) is 183 Å². The summed E-state index contributed by atoms with van der Waals surface area (Å²) in [5.74, 6) is 1.43. The zero-order chi connectivity index (χ0) is 37.3. The first kappa shape index (κ1) is 38.5. The molecular formula is C49H62NO3P. The lowest BCUT2D eigenvalue weighted by Crippen LogP contribution is -2.30. The van der Waals surface area contributed by atoms with Gasteiger partial charge in [0.25, 0.3) is 0 Å². The number of benzene rings is 5. The average Bonchev–Trinajstić information content (AvgIpc) is 3.46. The van der Waals surface area contributed by atoms with E-state index in [9.17, 15) is 0 Å². The Morgan fingerprint density at radius 1 is 0.574 bits per heavy atom. The van der Waals surface area contributed by atoms with Crippen molar-refractivity contribution in [2.45, 2.75) is 149 Å². The maximum atomic E-state index is 16.0. The van der Waals surface area contributed by atoms with Gasteiger partial charge in [-0.3, -0.25) is 4.67 Å². The first-order chi connectivity index (χ1) is 26.5. The van der Waals surface area contributed by atoms with Crippen LogP contribution in [0.4, 0.5) is 5.69 Å². The Kier molecular flexibility index (Phi) is 13.0. The zero-order valence-electron chi connectivity index (χ0n) is 33.2. The summed E-state index contributed by atoms with van der Waals surface area (Å²) in [5.41, 5.74) is 6.84. The van der Waals surface area contributed by atoms with Crippen LogP contribution < -0.4 is 13.7 Å². The normalized spacial score (nSPS) is 15.8. The predicted molar refractivity (Wildman–Crippen MR) is 230 cm³/mol. The van der Waals surface area contributed by atoms with Gasteiger partial charge in [0.15, 0.2) is 0 Å². The van der Waals surface area contributed by atoms with Crippen LogP contribution in [0.3, 0.4) is 0 Å². The number of unbranched alkanes of at least 4 members (excludes halogenated alkanes) is 14. The molecule has 2 aliphatic heterocycles. The van der Waals surface area contributed by atoms with Crippen molar-refractivity contribution in [1.29, 1.82) is 0 Å². The van der Waals surface area contributed by atoms with Gasteiger partial charge in [0.05, 0.1) is 5.69 Å². The van der Waals surface area contributed by atoms with Crippen molar-refractivity contribution < 1.29 is 13.6 Å².